The number of unbranched alkanes of at least 4 members (excludes halogenated alkanes) is 2. The van der Waals surface area contributed by atoms with Crippen molar-refractivity contribution in [3.8, 4) is 0 Å². The van der Waals surface area contributed by atoms with Crippen molar-refractivity contribution in [1.29, 1.82) is 0 Å². The number of carbonyl (C=O) groups excluding carboxylic acids is 1. The quantitative estimate of drug-likeness (QED) is 0.592. The smallest absolute Gasteiger partial charge is 0.261 e. The fourth-order valence-corrected chi connectivity index (χ4v) is 4.13. The topological polar surface area (TPSA) is 75.3 Å². The Labute approximate surface area is 168 Å². The Morgan fingerprint density at radius 3 is 2.43 bits per heavy atom. The zero-order chi connectivity index (χ0) is 20.7. The molecule has 1 amide bonds. The molecule has 0 aromatic heterocycles. The van der Waals surface area contributed by atoms with Crippen LogP contribution >= 0.6 is 0 Å². The average Bonchev–Trinajstić information content (AvgIpc) is 2.63. The molecule has 0 radical (unpaired) electrons. The minimum absolute atomic E-state index is 0.0452. The molecule has 0 aliphatic carbocycles. The number of hydrogen-bond acceptors (Lipinski definition) is 3. The summed E-state index contributed by atoms with van der Waals surface area (Å²) in [4.78, 5) is 12.7. The number of anilines is 1. The van der Waals surface area contributed by atoms with Crippen LogP contribution in [0.3, 0.4) is 0 Å². The molecule has 2 N–H and O–H groups in total. The van der Waals surface area contributed by atoms with E-state index in [1.165, 1.54) is 12.1 Å². The lowest BCUT2D eigenvalue weighted by molar-refractivity contribution is 0.0937. The molecule has 5 nitrogen and oxygen atoms in total. The highest BCUT2D eigenvalue weighted by Crippen LogP contribution is 2.21. The molecule has 28 heavy (non-hydrogen) atoms. The Kier molecular flexibility index (Phi) is 7.63. The van der Waals surface area contributed by atoms with Gasteiger partial charge in [-0.25, -0.2) is 8.42 Å². The standard InChI is InChI=1S/C22H30N2O3S/c1-5-6-7-11-18(4)23-22(25)20-15-19(14-13-16(20)2)28(26,27)24-21-12-9-8-10-17(21)3/h8-10,12-15,18,24H,5-7,11H2,1-4H3,(H,23,25). The largest absolute Gasteiger partial charge is 0.350 e. The SMILES string of the molecule is CCCCCC(C)NC(=O)c1cc(S(=O)(=O)Nc2ccccc2C)ccc1C. The van der Waals surface area contributed by atoms with Crippen LogP contribution in [0.15, 0.2) is 47.4 Å². The van der Waals surface area contributed by atoms with Crippen molar-refractivity contribution in [3.05, 3.63) is 59.2 Å². The molecule has 0 aliphatic rings. The number of carbonyl (C=O) groups is 1. The lowest BCUT2D eigenvalue weighted by Gasteiger charge is -2.16. The maximum atomic E-state index is 12.8. The van der Waals surface area contributed by atoms with E-state index in [0.29, 0.717) is 11.3 Å². The number of sulfonamides is 1. The Hall–Kier alpha value is -2.34. The second-order valence-corrected chi connectivity index (χ2v) is 8.95. The van der Waals surface area contributed by atoms with Crippen molar-refractivity contribution >= 4 is 21.6 Å². The summed E-state index contributed by atoms with van der Waals surface area (Å²) in [5, 5.41) is 2.98. The van der Waals surface area contributed by atoms with Gasteiger partial charge in [0.25, 0.3) is 15.9 Å². The van der Waals surface area contributed by atoms with E-state index in [1.807, 2.05) is 32.9 Å². The Morgan fingerprint density at radius 2 is 1.75 bits per heavy atom. The zero-order valence-corrected chi connectivity index (χ0v) is 17.9. The maximum Gasteiger partial charge on any atom is 0.261 e. The molecule has 152 valence electrons. The summed E-state index contributed by atoms with van der Waals surface area (Å²) < 4.78 is 28.2. The van der Waals surface area contributed by atoms with Crippen LogP contribution in [-0.2, 0) is 10.0 Å². The third kappa shape index (κ3) is 5.83. The second kappa shape index (κ2) is 9.73. The monoisotopic (exact) mass is 402 g/mol. The molecular weight excluding hydrogens is 372 g/mol. The summed E-state index contributed by atoms with van der Waals surface area (Å²) in [6, 6.07) is 11.9. The van der Waals surface area contributed by atoms with E-state index in [1.54, 1.807) is 18.2 Å². The van der Waals surface area contributed by atoms with Crippen molar-refractivity contribution in [2.24, 2.45) is 0 Å². The van der Waals surface area contributed by atoms with E-state index in [2.05, 4.69) is 17.0 Å². The third-order valence-corrected chi connectivity index (χ3v) is 6.13. The summed E-state index contributed by atoms with van der Waals surface area (Å²) in [6.07, 6.45) is 4.24. The maximum absolute atomic E-state index is 12.8. The number of hydrogen-bond donors (Lipinski definition) is 2. The van der Waals surface area contributed by atoms with E-state index < -0.39 is 10.0 Å². The van der Waals surface area contributed by atoms with Crippen LogP contribution in [0.4, 0.5) is 5.69 Å². The van der Waals surface area contributed by atoms with Crippen molar-refractivity contribution in [2.45, 2.75) is 64.3 Å². The highest BCUT2D eigenvalue weighted by atomic mass is 32.2. The van der Waals surface area contributed by atoms with Gasteiger partial charge >= 0.3 is 0 Å². The van der Waals surface area contributed by atoms with E-state index >= 15 is 0 Å². The van der Waals surface area contributed by atoms with Crippen LogP contribution in [0.25, 0.3) is 0 Å². The van der Waals surface area contributed by atoms with Crippen LogP contribution in [-0.4, -0.2) is 20.4 Å². The van der Waals surface area contributed by atoms with Gasteiger partial charge in [0, 0.05) is 11.6 Å². The van der Waals surface area contributed by atoms with Gasteiger partial charge in [-0.3, -0.25) is 9.52 Å². The average molecular weight is 403 g/mol. The second-order valence-electron chi connectivity index (χ2n) is 7.27. The van der Waals surface area contributed by atoms with Crippen molar-refractivity contribution < 1.29 is 13.2 Å². The van der Waals surface area contributed by atoms with E-state index in [0.717, 1.165) is 36.8 Å². The van der Waals surface area contributed by atoms with Gasteiger partial charge in [0.1, 0.15) is 0 Å². The molecule has 1 unspecified atom stereocenters. The van der Waals surface area contributed by atoms with E-state index in [9.17, 15) is 13.2 Å². The van der Waals surface area contributed by atoms with Crippen molar-refractivity contribution in [3.63, 3.8) is 0 Å². The first kappa shape index (κ1) is 22.0. The van der Waals surface area contributed by atoms with Crippen LogP contribution in [0.5, 0.6) is 0 Å². The Morgan fingerprint density at radius 1 is 1.04 bits per heavy atom. The molecule has 2 rings (SSSR count). The van der Waals surface area contributed by atoms with Crippen LogP contribution < -0.4 is 10.0 Å². The number of aryl methyl sites for hydroxylation is 2. The molecule has 2 aromatic rings. The molecule has 0 spiro atoms. The fraction of sp³-hybridized carbons (Fsp3) is 0.409. The number of rotatable bonds is 9. The van der Waals surface area contributed by atoms with Crippen LogP contribution in [0, 0.1) is 13.8 Å². The molecule has 0 saturated carbocycles. The first-order chi connectivity index (χ1) is 13.2. The van der Waals surface area contributed by atoms with Gasteiger partial charge in [-0.05, 0) is 56.5 Å². The Balaban J connectivity index is 2.20. The van der Waals surface area contributed by atoms with Gasteiger partial charge < -0.3 is 5.32 Å². The summed E-state index contributed by atoms with van der Waals surface area (Å²) in [7, 11) is -3.78. The number of benzene rings is 2. The van der Waals surface area contributed by atoms with Gasteiger partial charge in [-0.15, -0.1) is 0 Å². The van der Waals surface area contributed by atoms with Crippen molar-refractivity contribution in [1.82, 2.24) is 5.32 Å². The van der Waals surface area contributed by atoms with E-state index in [-0.39, 0.29) is 16.8 Å². The third-order valence-electron chi connectivity index (χ3n) is 4.77. The first-order valence-corrected chi connectivity index (χ1v) is 11.2. The number of nitrogens with one attached hydrogen (secondary N) is 2. The molecule has 0 heterocycles. The summed E-state index contributed by atoms with van der Waals surface area (Å²) in [5.74, 6) is -0.241. The molecule has 0 aliphatic heterocycles. The molecule has 2 aromatic carbocycles. The molecule has 0 fully saturated rings. The van der Waals surface area contributed by atoms with Gasteiger partial charge in [0.2, 0.25) is 0 Å². The van der Waals surface area contributed by atoms with Gasteiger partial charge in [0.05, 0.1) is 10.6 Å². The first-order valence-electron chi connectivity index (χ1n) is 9.74. The minimum atomic E-state index is -3.78. The highest BCUT2D eigenvalue weighted by molar-refractivity contribution is 7.92. The molecule has 6 heteroatoms. The van der Waals surface area contributed by atoms with Crippen LogP contribution in [0.1, 0.15) is 61.0 Å². The highest BCUT2D eigenvalue weighted by Gasteiger charge is 2.19. The van der Waals surface area contributed by atoms with E-state index in [4.69, 9.17) is 0 Å². The predicted molar refractivity (Wildman–Crippen MR) is 114 cm³/mol. The lowest BCUT2D eigenvalue weighted by atomic mass is 10.1. The summed E-state index contributed by atoms with van der Waals surface area (Å²) >= 11 is 0. The molecular formula is C22H30N2O3S. The lowest BCUT2D eigenvalue weighted by Crippen LogP contribution is -2.33. The predicted octanol–water partition coefficient (Wildman–Crippen LogP) is 4.80. The van der Waals surface area contributed by atoms with Crippen molar-refractivity contribution in [2.75, 3.05) is 4.72 Å². The van der Waals surface area contributed by atoms with Crippen LogP contribution in [0.2, 0.25) is 0 Å². The fourth-order valence-electron chi connectivity index (χ4n) is 2.98. The molecule has 0 bridgehead atoms. The molecule has 0 saturated heterocycles. The summed E-state index contributed by atoms with van der Waals surface area (Å²) in [5.41, 5.74) is 2.48. The molecule has 1 atom stereocenters. The minimum Gasteiger partial charge on any atom is -0.350 e. The van der Waals surface area contributed by atoms with Gasteiger partial charge in [0.15, 0.2) is 0 Å². The Bertz CT molecular complexity index is 923. The number of amides is 1. The summed E-state index contributed by atoms with van der Waals surface area (Å²) in [6.45, 7) is 7.76. The zero-order valence-electron chi connectivity index (χ0n) is 17.1. The normalized spacial score (nSPS) is 12.4. The van der Waals surface area contributed by atoms with Gasteiger partial charge in [-0.1, -0.05) is 50.5 Å². The number of para-hydroxylation sites is 1. The van der Waals surface area contributed by atoms with Gasteiger partial charge in [-0.2, -0.15) is 0 Å².